The molecule has 7 nitrogen and oxygen atoms in total. The number of hydrogen-bond acceptors (Lipinski definition) is 4. The minimum absolute atomic E-state index is 0.120. The van der Waals surface area contributed by atoms with Gasteiger partial charge in [0, 0.05) is 12.2 Å². The Bertz CT molecular complexity index is 1110. The van der Waals surface area contributed by atoms with Crippen LogP contribution in [-0.4, -0.2) is 35.8 Å². The molecule has 1 aromatic carbocycles. The lowest BCUT2D eigenvalue weighted by atomic mass is 10.1. The van der Waals surface area contributed by atoms with Crippen molar-refractivity contribution in [3.8, 4) is 0 Å². The van der Waals surface area contributed by atoms with Crippen molar-refractivity contribution in [2.24, 2.45) is 0 Å². The molecular weight excluding hydrogens is 400 g/mol. The number of sulfonamides is 1. The first-order chi connectivity index (χ1) is 13.4. The zero-order chi connectivity index (χ0) is 19.7. The molecule has 2 N–H and O–H groups in total. The summed E-state index contributed by atoms with van der Waals surface area (Å²) in [5.74, 6) is -0.347. The number of rotatable bonds is 7. The highest BCUT2D eigenvalue weighted by Crippen LogP contribution is 2.23. The van der Waals surface area contributed by atoms with Crippen molar-refractivity contribution in [3.63, 3.8) is 0 Å². The van der Waals surface area contributed by atoms with Crippen LogP contribution in [0.2, 0.25) is 5.15 Å². The van der Waals surface area contributed by atoms with E-state index in [0.29, 0.717) is 5.65 Å². The number of aromatic nitrogens is 2. The predicted octanol–water partition coefficient (Wildman–Crippen LogP) is 2.16. The molecule has 9 heteroatoms. The number of nitrogens with zero attached hydrogens (tertiary/aromatic N) is 2. The fourth-order valence-corrected chi connectivity index (χ4v) is 4.83. The zero-order valence-electron chi connectivity index (χ0n) is 14.9. The molecule has 1 aliphatic carbocycles. The number of imidazole rings is 1. The summed E-state index contributed by atoms with van der Waals surface area (Å²) in [7, 11) is -4.10. The van der Waals surface area contributed by atoms with Crippen molar-refractivity contribution in [1.29, 1.82) is 0 Å². The van der Waals surface area contributed by atoms with Crippen molar-refractivity contribution < 1.29 is 13.2 Å². The van der Waals surface area contributed by atoms with Crippen LogP contribution in [0.5, 0.6) is 0 Å². The van der Waals surface area contributed by atoms with E-state index in [1.54, 1.807) is 24.4 Å². The van der Waals surface area contributed by atoms with Gasteiger partial charge < -0.3 is 5.32 Å². The van der Waals surface area contributed by atoms with Gasteiger partial charge in [-0.05, 0) is 37.0 Å². The predicted molar refractivity (Wildman–Crippen MR) is 106 cm³/mol. The van der Waals surface area contributed by atoms with Crippen molar-refractivity contribution in [2.75, 3.05) is 0 Å². The summed E-state index contributed by atoms with van der Waals surface area (Å²) in [6, 6.07) is 13.5. The molecule has 1 atom stereocenters. The van der Waals surface area contributed by atoms with Gasteiger partial charge in [0.05, 0.1) is 0 Å². The normalized spacial score (nSPS) is 15.5. The van der Waals surface area contributed by atoms with E-state index in [2.05, 4.69) is 15.0 Å². The molecule has 1 saturated carbocycles. The Morgan fingerprint density at radius 2 is 1.89 bits per heavy atom. The van der Waals surface area contributed by atoms with Crippen LogP contribution < -0.4 is 10.0 Å². The number of benzene rings is 1. The van der Waals surface area contributed by atoms with E-state index in [4.69, 9.17) is 11.6 Å². The van der Waals surface area contributed by atoms with Gasteiger partial charge in [0.15, 0.2) is 10.2 Å². The Labute approximate surface area is 167 Å². The van der Waals surface area contributed by atoms with E-state index in [-0.39, 0.29) is 28.5 Å². The molecule has 0 spiro atoms. The molecule has 0 saturated heterocycles. The topological polar surface area (TPSA) is 92.6 Å². The number of amides is 1. The van der Waals surface area contributed by atoms with E-state index in [9.17, 15) is 13.2 Å². The third-order valence-corrected chi connectivity index (χ3v) is 6.39. The summed E-state index contributed by atoms with van der Waals surface area (Å²) in [4.78, 5) is 16.8. The van der Waals surface area contributed by atoms with Crippen LogP contribution in [0.25, 0.3) is 5.65 Å². The molecule has 1 fully saturated rings. The lowest BCUT2D eigenvalue weighted by Gasteiger charge is -2.18. The lowest BCUT2D eigenvalue weighted by molar-refractivity contribution is -0.122. The first kappa shape index (κ1) is 18.9. The molecule has 146 valence electrons. The van der Waals surface area contributed by atoms with Crippen LogP contribution in [0.3, 0.4) is 0 Å². The second kappa shape index (κ2) is 7.54. The maximum Gasteiger partial charge on any atom is 0.260 e. The van der Waals surface area contributed by atoms with E-state index in [1.807, 2.05) is 30.3 Å². The second-order valence-corrected chi connectivity index (χ2v) is 8.77. The monoisotopic (exact) mass is 418 g/mol. The SMILES string of the molecule is O=C(NC1CC1)C(Cc1ccccc1)NS(=O)(=O)c1c(Cl)nc2ccccn12. The Kier molecular flexibility index (Phi) is 5.09. The Hall–Kier alpha value is -2.42. The molecule has 1 amide bonds. The number of pyridine rings is 1. The van der Waals surface area contributed by atoms with Gasteiger partial charge in [-0.3, -0.25) is 9.20 Å². The molecule has 2 aromatic heterocycles. The number of nitrogens with one attached hydrogen (secondary N) is 2. The highest BCUT2D eigenvalue weighted by molar-refractivity contribution is 7.89. The van der Waals surface area contributed by atoms with E-state index in [0.717, 1.165) is 18.4 Å². The average Bonchev–Trinajstić information content (AvgIpc) is 3.40. The van der Waals surface area contributed by atoms with Gasteiger partial charge >= 0.3 is 0 Å². The van der Waals surface area contributed by atoms with Crippen molar-refractivity contribution in [3.05, 3.63) is 65.4 Å². The van der Waals surface area contributed by atoms with E-state index < -0.39 is 16.1 Å². The van der Waals surface area contributed by atoms with Crippen LogP contribution in [0.15, 0.2) is 59.8 Å². The van der Waals surface area contributed by atoms with Crippen LogP contribution in [0, 0.1) is 0 Å². The van der Waals surface area contributed by atoms with E-state index >= 15 is 0 Å². The van der Waals surface area contributed by atoms with Crippen molar-refractivity contribution >= 4 is 33.2 Å². The summed E-state index contributed by atoms with van der Waals surface area (Å²) in [5.41, 5.74) is 1.26. The summed E-state index contributed by atoms with van der Waals surface area (Å²) in [6.07, 6.45) is 3.62. The van der Waals surface area contributed by atoms with Gasteiger partial charge in [-0.25, -0.2) is 13.4 Å². The highest BCUT2D eigenvalue weighted by Gasteiger charge is 2.33. The second-order valence-electron chi connectivity index (χ2n) is 6.78. The average molecular weight is 419 g/mol. The number of halogens is 1. The van der Waals surface area contributed by atoms with Gasteiger partial charge in [0.25, 0.3) is 10.0 Å². The quantitative estimate of drug-likeness (QED) is 0.615. The van der Waals surface area contributed by atoms with Crippen LogP contribution in [0.4, 0.5) is 0 Å². The molecule has 0 radical (unpaired) electrons. The molecule has 1 unspecified atom stereocenters. The molecule has 1 aliphatic rings. The molecular formula is C19H19ClN4O3S. The van der Waals surface area contributed by atoms with Crippen LogP contribution in [0.1, 0.15) is 18.4 Å². The standard InChI is InChI=1S/C19H19ClN4O3S/c20-17-19(24-11-5-4-8-16(24)22-17)28(26,27)23-15(18(25)21-14-9-10-14)12-13-6-2-1-3-7-13/h1-8,11,14-15,23H,9-10,12H2,(H,21,25). The number of fused-ring (bicyclic) bond motifs is 1. The smallest absolute Gasteiger partial charge is 0.260 e. The van der Waals surface area contributed by atoms with Crippen molar-refractivity contribution in [2.45, 2.75) is 36.4 Å². The molecule has 0 bridgehead atoms. The minimum Gasteiger partial charge on any atom is -0.352 e. The van der Waals surface area contributed by atoms with Crippen LogP contribution >= 0.6 is 11.6 Å². The highest BCUT2D eigenvalue weighted by atomic mass is 35.5. The van der Waals surface area contributed by atoms with Crippen LogP contribution in [-0.2, 0) is 21.2 Å². The molecule has 28 heavy (non-hydrogen) atoms. The number of carbonyl (C=O) groups excluding carboxylic acids is 1. The first-order valence-corrected chi connectivity index (χ1v) is 10.8. The Balaban J connectivity index is 1.65. The number of carbonyl (C=O) groups is 1. The van der Waals surface area contributed by atoms with Gasteiger partial charge in [-0.1, -0.05) is 48.0 Å². The maximum atomic E-state index is 13.1. The molecule has 4 rings (SSSR count). The fourth-order valence-electron chi connectivity index (χ4n) is 3.00. The zero-order valence-corrected chi connectivity index (χ0v) is 16.4. The third kappa shape index (κ3) is 4.04. The summed E-state index contributed by atoms with van der Waals surface area (Å²) in [5, 5.41) is 2.55. The maximum absolute atomic E-state index is 13.1. The molecule has 3 aromatic rings. The largest absolute Gasteiger partial charge is 0.352 e. The van der Waals surface area contributed by atoms with Gasteiger partial charge in [-0.15, -0.1) is 0 Å². The summed E-state index contributed by atoms with van der Waals surface area (Å²) >= 11 is 6.12. The fraction of sp³-hybridized carbons (Fsp3) is 0.263. The summed E-state index contributed by atoms with van der Waals surface area (Å²) < 4.78 is 30.1. The Morgan fingerprint density at radius 3 is 2.61 bits per heavy atom. The first-order valence-electron chi connectivity index (χ1n) is 8.93. The Morgan fingerprint density at radius 1 is 1.18 bits per heavy atom. The van der Waals surface area contributed by atoms with E-state index in [1.165, 1.54) is 4.40 Å². The van der Waals surface area contributed by atoms with Gasteiger partial charge in [-0.2, -0.15) is 4.72 Å². The van der Waals surface area contributed by atoms with Crippen molar-refractivity contribution in [1.82, 2.24) is 19.4 Å². The minimum atomic E-state index is -4.10. The third-order valence-electron chi connectivity index (χ3n) is 4.52. The molecule has 2 heterocycles. The van der Waals surface area contributed by atoms with Gasteiger partial charge in [0.1, 0.15) is 11.7 Å². The number of hydrogen-bond donors (Lipinski definition) is 2. The summed E-state index contributed by atoms with van der Waals surface area (Å²) in [6.45, 7) is 0. The lowest BCUT2D eigenvalue weighted by Crippen LogP contribution is -2.48. The van der Waals surface area contributed by atoms with Gasteiger partial charge in [0.2, 0.25) is 5.91 Å². The molecule has 0 aliphatic heterocycles.